The molecule has 0 spiro atoms. The van der Waals surface area contributed by atoms with E-state index in [1.54, 1.807) is 6.20 Å². The summed E-state index contributed by atoms with van der Waals surface area (Å²) in [4.78, 5) is 33.1. The van der Waals surface area contributed by atoms with E-state index in [2.05, 4.69) is 4.98 Å². The quantitative estimate of drug-likeness (QED) is 0.849. The predicted octanol–water partition coefficient (Wildman–Crippen LogP) is 2.45. The molecule has 26 heavy (non-hydrogen) atoms. The van der Waals surface area contributed by atoms with E-state index in [-0.39, 0.29) is 17.9 Å². The van der Waals surface area contributed by atoms with Gasteiger partial charge in [0, 0.05) is 44.6 Å². The summed E-state index contributed by atoms with van der Waals surface area (Å²) in [6.07, 6.45) is 7.55. The van der Waals surface area contributed by atoms with Crippen molar-refractivity contribution in [3.8, 4) is 0 Å². The van der Waals surface area contributed by atoms with Gasteiger partial charge in [0.2, 0.25) is 11.8 Å². The fraction of sp³-hybridized carbons (Fsp3) is 0.450. The van der Waals surface area contributed by atoms with Gasteiger partial charge in [-0.1, -0.05) is 12.1 Å². The minimum atomic E-state index is 0.0610. The van der Waals surface area contributed by atoms with Gasteiger partial charge < -0.3 is 14.4 Å². The molecule has 6 nitrogen and oxygen atoms in total. The first-order valence-corrected chi connectivity index (χ1v) is 9.29. The van der Waals surface area contributed by atoms with Gasteiger partial charge in [0.05, 0.1) is 12.5 Å². The highest BCUT2D eigenvalue weighted by Gasteiger charge is 2.32. The topological polar surface area (TPSA) is 58.4 Å². The van der Waals surface area contributed by atoms with E-state index in [4.69, 9.17) is 0 Å². The van der Waals surface area contributed by atoms with Crippen LogP contribution in [-0.2, 0) is 23.1 Å². The number of anilines is 1. The Morgan fingerprint density at radius 3 is 2.88 bits per heavy atom. The summed E-state index contributed by atoms with van der Waals surface area (Å²) in [5, 5.41) is 0. The lowest BCUT2D eigenvalue weighted by Gasteiger charge is -2.25. The van der Waals surface area contributed by atoms with E-state index in [0.29, 0.717) is 12.8 Å². The molecule has 2 aliphatic rings. The van der Waals surface area contributed by atoms with Gasteiger partial charge in [-0.25, -0.2) is 4.98 Å². The van der Waals surface area contributed by atoms with Crippen LogP contribution in [0.2, 0.25) is 0 Å². The van der Waals surface area contributed by atoms with Gasteiger partial charge in [-0.05, 0) is 37.0 Å². The smallest absolute Gasteiger partial charge is 0.227 e. The number of aromatic nitrogens is 2. The SMILES string of the molecule is Cn1ccnc1C1CCCN1C(=O)Cc1cccc(N2CCCC2=O)c1. The van der Waals surface area contributed by atoms with Crippen LogP contribution in [-0.4, -0.2) is 39.4 Å². The number of hydrogen-bond donors (Lipinski definition) is 0. The van der Waals surface area contributed by atoms with Crippen molar-refractivity contribution in [2.24, 2.45) is 7.05 Å². The molecule has 1 aromatic heterocycles. The first-order valence-electron chi connectivity index (χ1n) is 9.29. The fourth-order valence-electron chi connectivity index (χ4n) is 4.06. The second-order valence-corrected chi connectivity index (χ2v) is 7.14. The molecule has 0 bridgehead atoms. The van der Waals surface area contributed by atoms with Crippen LogP contribution in [0.25, 0.3) is 0 Å². The molecule has 136 valence electrons. The summed E-state index contributed by atoms with van der Waals surface area (Å²) in [6.45, 7) is 1.55. The molecule has 3 heterocycles. The van der Waals surface area contributed by atoms with Gasteiger partial charge in [-0.15, -0.1) is 0 Å². The van der Waals surface area contributed by atoms with Gasteiger partial charge in [0.15, 0.2) is 0 Å². The summed E-state index contributed by atoms with van der Waals surface area (Å²) in [5.74, 6) is 1.25. The molecule has 2 aliphatic heterocycles. The number of benzene rings is 1. The average molecular weight is 352 g/mol. The summed E-state index contributed by atoms with van der Waals surface area (Å²) >= 11 is 0. The maximum atomic E-state index is 12.9. The van der Waals surface area contributed by atoms with Crippen LogP contribution in [0.1, 0.15) is 43.1 Å². The maximum Gasteiger partial charge on any atom is 0.227 e. The number of hydrogen-bond acceptors (Lipinski definition) is 3. The van der Waals surface area contributed by atoms with Crippen molar-refractivity contribution in [3.63, 3.8) is 0 Å². The van der Waals surface area contributed by atoms with E-state index in [1.165, 1.54) is 0 Å². The van der Waals surface area contributed by atoms with Gasteiger partial charge in [-0.2, -0.15) is 0 Å². The zero-order chi connectivity index (χ0) is 18.1. The lowest BCUT2D eigenvalue weighted by molar-refractivity contribution is -0.131. The van der Waals surface area contributed by atoms with E-state index in [1.807, 2.05) is 51.9 Å². The third-order valence-electron chi connectivity index (χ3n) is 5.38. The third kappa shape index (κ3) is 3.11. The molecule has 2 saturated heterocycles. The summed E-state index contributed by atoms with van der Waals surface area (Å²) in [5.41, 5.74) is 1.86. The van der Waals surface area contributed by atoms with Gasteiger partial charge in [0.1, 0.15) is 5.82 Å². The van der Waals surface area contributed by atoms with Crippen LogP contribution in [0.15, 0.2) is 36.7 Å². The van der Waals surface area contributed by atoms with E-state index < -0.39 is 0 Å². The zero-order valence-electron chi connectivity index (χ0n) is 15.1. The molecule has 2 amide bonds. The van der Waals surface area contributed by atoms with Crippen molar-refractivity contribution in [3.05, 3.63) is 48.0 Å². The van der Waals surface area contributed by atoms with Crippen LogP contribution < -0.4 is 4.90 Å². The molecule has 4 rings (SSSR count). The van der Waals surface area contributed by atoms with Crippen molar-refractivity contribution in [1.29, 1.82) is 0 Å². The number of nitrogens with zero attached hydrogens (tertiary/aromatic N) is 4. The standard InChI is InChI=1S/C20H24N4O2/c1-22-12-9-21-20(22)17-7-3-11-24(17)19(26)14-15-5-2-6-16(13-15)23-10-4-8-18(23)25/h2,5-6,9,12-13,17H,3-4,7-8,10-11,14H2,1H3. The Morgan fingerprint density at radius 1 is 1.27 bits per heavy atom. The predicted molar refractivity (Wildman–Crippen MR) is 98.6 cm³/mol. The van der Waals surface area contributed by atoms with Crippen molar-refractivity contribution < 1.29 is 9.59 Å². The lowest BCUT2D eigenvalue weighted by atomic mass is 10.1. The van der Waals surface area contributed by atoms with Crippen molar-refractivity contribution in [2.45, 2.75) is 38.1 Å². The Bertz CT molecular complexity index is 829. The van der Waals surface area contributed by atoms with Gasteiger partial charge in [-0.3, -0.25) is 9.59 Å². The minimum absolute atomic E-state index is 0.0610. The van der Waals surface area contributed by atoms with E-state index in [0.717, 1.165) is 49.4 Å². The highest BCUT2D eigenvalue weighted by Crippen LogP contribution is 2.31. The van der Waals surface area contributed by atoms with E-state index >= 15 is 0 Å². The van der Waals surface area contributed by atoms with Crippen LogP contribution >= 0.6 is 0 Å². The van der Waals surface area contributed by atoms with Crippen LogP contribution in [0.5, 0.6) is 0 Å². The summed E-state index contributed by atoms with van der Waals surface area (Å²) in [7, 11) is 1.97. The molecule has 2 fully saturated rings. The molecule has 0 N–H and O–H groups in total. The largest absolute Gasteiger partial charge is 0.336 e. The molecular formula is C20H24N4O2. The summed E-state index contributed by atoms with van der Waals surface area (Å²) < 4.78 is 2.00. The maximum absolute atomic E-state index is 12.9. The Hall–Kier alpha value is -2.63. The molecule has 2 aromatic rings. The second-order valence-electron chi connectivity index (χ2n) is 7.14. The number of rotatable bonds is 4. The number of likely N-dealkylation sites (tertiary alicyclic amines) is 1. The fourth-order valence-corrected chi connectivity index (χ4v) is 4.06. The number of carbonyl (C=O) groups excluding carboxylic acids is 2. The van der Waals surface area contributed by atoms with Gasteiger partial charge in [0.25, 0.3) is 0 Å². The van der Waals surface area contributed by atoms with Gasteiger partial charge >= 0.3 is 0 Å². The molecule has 0 saturated carbocycles. The number of aryl methyl sites for hydroxylation is 1. The Balaban J connectivity index is 1.49. The molecule has 1 atom stereocenters. The second kappa shape index (κ2) is 6.94. The van der Waals surface area contributed by atoms with Crippen molar-refractivity contribution >= 4 is 17.5 Å². The monoisotopic (exact) mass is 352 g/mol. The highest BCUT2D eigenvalue weighted by atomic mass is 16.2. The molecule has 6 heteroatoms. The van der Waals surface area contributed by atoms with E-state index in [9.17, 15) is 9.59 Å². The highest BCUT2D eigenvalue weighted by molar-refractivity contribution is 5.95. The number of carbonyl (C=O) groups is 2. The minimum Gasteiger partial charge on any atom is -0.336 e. The lowest BCUT2D eigenvalue weighted by Crippen LogP contribution is -2.33. The van der Waals surface area contributed by atoms with Crippen molar-refractivity contribution in [2.75, 3.05) is 18.0 Å². The van der Waals surface area contributed by atoms with Crippen LogP contribution in [0.4, 0.5) is 5.69 Å². The van der Waals surface area contributed by atoms with Crippen LogP contribution in [0, 0.1) is 0 Å². The first kappa shape index (κ1) is 16.8. The Labute approximate surface area is 153 Å². The molecule has 0 aliphatic carbocycles. The average Bonchev–Trinajstić information content (AvgIpc) is 3.35. The third-order valence-corrected chi connectivity index (χ3v) is 5.38. The normalized spacial score (nSPS) is 20.2. The number of amides is 2. The molecule has 1 unspecified atom stereocenters. The van der Waals surface area contributed by atoms with Crippen LogP contribution in [0.3, 0.4) is 0 Å². The van der Waals surface area contributed by atoms with Crippen molar-refractivity contribution in [1.82, 2.24) is 14.5 Å². The Kier molecular flexibility index (Phi) is 4.49. The number of imidazole rings is 1. The zero-order valence-corrected chi connectivity index (χ0v) is 15.1. The molecule has 0 radical (unpaired) electrons. The molecular weight excluding hydrogens is 328 g/mol. The molecule has 1 aromatic carbocycles. The first-order chi connectivity index (χ1) is 12.6. The summed E-state index contributed by atoms with van der Waals surface area (Å²) in [6, 6.07) is 7.89. The Morgan fingerprint density at radius 2 is 2.15 bits per heavy atom.